The van der Waals surface area contributed by atoms with Gasteiger partial charge in [-0.05, 0) is 24.1 Å². The molecule has 1 aromatic carbocycles. The van der Waals surface area contributed by atoms with E-state index in [0.717, 1.165) is 0 Å². The lowest BCUT2D eigenvalue weighted by Gasteiger charge is -2.10. The van der Waals surface area contributed by atoms with Gasteiger partial charge in [-0.25, -0.2) is 0 Å². The number of hydrogen-bond donors (Lipinski definition) is 1. The van der Waals surface area contributed by atoms with Crippen LogP contribution in [0.15, 0.2) is 18.2 Å². The molecule has 0 aliphatic rings. The van der Waals surface area contributed by atoms with Gasteiger partial charge in [0.05, 0.1) is 10.6 Å². The van der Waals surface area contributed by atoms with E-state index in [1.54, 1.807) is 25.3 Å². The number of halogens is 1. The highest BCUT2D eigenvalue weighted by Gasteiger charge is 2.10. The second-order valence-corrected chi connectivity index (χ2v) is 4.53. The van der Waals surface area contributed by atoms with Crippen LogP contribution in [-0.4, -0.2) is 19.6 Å². The van der Waals surface area contributed by atoms with Crippen LogP contribution in [0.5, 0.6) is 0 Å². The summed E-state index contributed by atoms with van der Waals surface area (Å²) in [6, 6.07) is 6.77. The summed E-state index contributed by atoms with van der Waals surface area (Å²) >= 11 is 5.87. The van der Waals surface area contributed by atoms with Crippen molar-refractivity contribution in [2.24, 2.45) is 5.92 Å². The monoisotopic (exact) mass is 266 g/mol. The Morgan fingerprint density at radius 3 is 2.89 bits per heavy atom. The number of carbonyl (C=O) groups is 1. The maximum atomic E-state index is 11.7. The number of benzene rings is 1. The highest BCUT2D eigenvalue weighted by atomic mass is 35.5. The molecule has 5 heteroatoms. The Morgan fingerprint density at radius 1 is 1.61 bits per heavy atom. The third kappa shape index (κ3) is 4.36. The maximum absolute atomic E-state index is 11.7. The van der Waals surface area contributed by atoms with E-state index in [1.807, 2.05) is 13.0 Å². The van der Waals surface area contributed by atoms with Crippen molar-refractivity contribution in [1.29, 1.82) is 5.26 Å². The zero-order valence-electron chi connectivity index (χ0n) is 10.4. The normalized spacial score (nSPS) is 11.7. The number of amides is 1. The van der Waals surface area contributed by atoms with Gasteiger partial charge < -0.3 is 10.1 Å². The first-order chi connectivity index (χ1) is 8.56. The summed E-state index contributed by atoms with van der Waals surface area (Å²) in [5, 5.41) is 11.8. The molecule has 0 saturated heterocycles. The van der Waals surface area contributed by atoms with Crippen molar-refractivity contribution in [3.8, 4) is 6.07 Å². The molecule has 1 N–H and O–H groups in total. The summed E-state index contributed by atoms with van der Waals surface area (Å²) in [6.07, 6.45) is 0.380. The van der Waals surface area contributed by atoms with Crippen LogP contribution < -0.4 is 5.32 Å². The van der Waals surface area contributed by atoms with Gasteiger partial charge in [0.2, 0.25) is 5.91 Å². The number of hydrogen-bond acceptors (Lipinski definition) is 3. The van der Waals surface area contributed by atoms with Gasteiger partial charge in [-0.2, -0.15) is 5.26 Å². The summed E-state index contributed by atoms with van der Waals surface area (Å²) in [6.45, 7) is 2.48. The topological polar surface area (TPSA) is 62.1 Å². The fourth-order valence-electron chi connectivity index (χ4n) is 1.56. The fraction of sp³-hybridized carbons (Fsp3) is 0.385. The van der Waals surface area contributed by atoms with Crippen molar-refractivity contribution in [2.45, 2.75) is 13.3 Å². The minimum Gasteiger partial charge on any atom is -0.384 e. The first-order valence-corrected chi connectivity index (χ1v) is 5.93. The van der Waals surface area contributed by atoms with E-state index in [-0.39, 0.29) is 11.8 Å². The number of carbonyl (C=O) groups excluding carboxylic acids is 1. The Morgan fingerprint density at radius 2 is 2.33 bits per heavy atom. The average Bonchev–Trinajstić information content (AvgIpc) is 2.29. The Balaban J connectivity index is 2.60. The number of anilines is 1. The van der Waals surface area contributed by atoms with Gasteiger partial charge in [0.15, 0.2) is 0 Å². The van der Waals surface area contributed by atoms with Gasteiger partial charge >= 0.3 is 0 Å². The fourth-order valence-corrected chi connectivity index (χ4v) is 1.78. The lowest BCUT2D eigenvalue weighted by atomic mass is 10.1. The molecule has 1 unspecified atom stereocenters. The lowest BCUT2D eigenvalue weighted by Crippen LogP contribution is -2.17. The standard InChI is InChI=1S/C13H15ClN2O2/c1-9(8-18-2)5-13(17)16-11-4-3-10(7-15)12(14)6-11/h3-4,6,9H,5,8H2,1-2H3,(H,16,17). The van der Waals surface area contributed by atoms with E-state index < -0.39 is 0 Å². The molecule has 96 valence electrons. The SMILES string of the molecule is COCC(C)CC(=O)Nc1ccc(C#N)c(Cl)c1. The van der Waals surface area contributed by atoms with Crippen molar-refractivity contribution >= 4 is 23.2 Å². The maximum Gasteiger partial charge on any atom is 0.224 e. The van der Waals surface area contributed by atoms with E-state index in [4.69, 9.17) is 21.6 Å². The van der Waals surface area contributed by atoms with Gasteiger partial charge in [0.1, 0.15) is 6.07 Å². The average molecular weight is 267 g/mol. The summed E-state index contributed by atoms with van der Waals surface area (Å²) in [7, 11) is 1.61. The summed E-state index contributed by atoms with van der Waals surface area (Å²) in [5.74, 6) is 0.0594. The quantitative estimate of drug-likeness (QED) is 0.891. The number of nitrogens with zero attached hydrogens (tertiary/aromatic N) is 1. The minimum atomic E-state index is -0.0969. The molecule has 0 fully saturated rings. The smallest absolute Gasteiger partial charge is 0.224 e. The Kier molecular flexibility index (Phi) is 5.63. The lowest BCUT2D eigenvalue weighted by molar-refractivity contribution is -0.117. The van der Waals surface area contributed by atoms with Crippen molar-refractivity contribution in [3.63, 3.8) is 0 Å². The molecule has 1 rings (SSSR count). The predicted octanol–water partition coefficient (Wildman–Crippen LogP) is 2.82. The molecule has 0 aromatic heterocycles. The molecular weight excluding hydrogens is 252 g/mol. The van der Waals surface area contributed by atoms with Crippen molar-refractivity contribution in [1.82, 2.24) is 0 Å². The molecule has 1 aromatic rings. The van der Waals surface area contributed by atoms with Crippen molar-refractivity contribution in [2.75, 3.05) is 19.0 Å². The molecule has 0 heterocycles. The summed E-state index contributed by atoms with van der Waals surface area (Å²) < 4.78 is 4.97. The van der Waals surface area contributed by atoms with Crippen LogP contribution in [0.2, 0.25) is 5.02 Å². The second kappa shape index (κ2) is 7.00. The van der Waals surface area contributed by atoms with E-state index >= 15 is 0 Å². The zero-order chi connectivity index (χ0) is 13.5. The third-order valence-corrected chi connectivity index (χ3v) is 2.67. The number of nitrogens with one attached hydrogen (secondary N) is 1. The molecule has 0 aliphatic heterocycles. The zero-order valence-corrected chi connectivity index (χ0v) is 11.1. The van der Waals surface area contributed by atoms with Gasteiger partial charge in [0, 0.05) is 25.8 Å². The molecule has 0 aliphatic carbocycles. The third-order valence-electron chi connectivity index (χ3n) is 2.36. The molecule has 4 nitrogen and oxygen atoms in total. The highest BCUT2D eigenvalue weighted by molar-refractivity contribution is 6.32. The van der Waals surface area contributed by atoms with Gasteiger partial charge in [0.25, 0.3) is 0 Å². The highest BCUT2D eigenvalue weighted by Crippen LogP contribution is 2.20. The molecule has 0 spiro atoms. The number of nitriles is 1. The van der Waals surface area contributed by atoms with Crippen molar-refractivity contribution < 1.29 is 9.53 Å². The molecule has 0 radical (unpaired) electrons. The second-order valence-electron chi connectivity index (χ2n) is 4.12. The van der Waals surface area contributed by atoms with E-state index in [0.29, 0.717) is 29.3 Å². The molecule has 1 atom stereocenters. The first-order valence-electron chi connectivity index (χ1n) is 5.55. The Labute approximate surface area is 112 Å². The van der Waals surface area contributed by atoms with E-state index in [1.165, 1.54) is 0 Å². The molecule has 1 amide bonds. The number of rotatable bonds is 5. The van der Waals surface area contributed by atoms with Crippen molar-refractivity contribution in [3.05, 3.63) is 28.8 Å². The van der Waals surface area contributed by atoms with Crippen LogP contribution in [0, 0.1) is 17.2 Å². The number of ether oxygens (including phenoxy) is 1. The number of methoxy groups -OCH3 is 1. The first kappa shape index (κ1) is 14.5. The molecular formula is C13H15ClN2O2. The van der Waals surface area contributed by atoms with Gasteiger partial charge in [-0.15, -0.1) is 0 Å². The van der Waals surface area contributed by atoms with E-state index in [9.17, 15) is 4.79 Å². The largest absolute Gasteiger partial charge is 0.384 e. The van der Waals surface area contributed by atoms with Crippen LogP contribution in [0.25, 0.3) is 0 Å². The van der Waals surface area contributed by atoms with Crippen LogP contribution in [0.4, 0.5) is 5.69 Å². The predicted molar refractivity (Wildman–Crippen MR) is 70.5 cm³/mol. The van der Waals surface area contributed by atoms with Crippen LogP contribution in [-0.2, 0) is 9.53 Å². The minimum absolute atomic E-state index is 0.0969. The van der Waals surface area contributed by atoms with Crippen LogP contribution >= 0.6 is 11.6 Å². The van der Waals surface area contributed by atoms with Crippen LogP contribution in [0.3, 0.4) is 0 Å². The molecule has 0 saturated carbocycles. The molecule has 0 bridgehead atoms. The van der Waals surface area contributed by atoms with Gasteiger partial charge in [-0.3, -0.25) is 4.79 Å². The summed E-state index contributed by atoms with van der Waals surface area (Å²) in [5.41, 5.74) is 0.982. The van der Waals surface area contributed by atoms with Crippen LogP contribution in [0.1, 0.15) is 18.9 Å². The van der Waals surface area contributed by atoms with Gasteiger partial charge in [-0.1, -0.05) is 18.5 Å². The molecule has 18 heavy (non-hydrogen) atoms. The van der Waals surface area contributed by atoms with E-state index in [2.05, 4.69) is 5.32 Å². The Hall–Kier alpha value is -1.57. The summed E-state index contributed by atoms with van der Waals surface area (Å²) in [4.78, 5) is 11.7. The Bertz CT molecular complexity index is 469.